The zero-order valence-corrected chi connectivity index (χ0v) is 11.5. The predicted molar refractivity (Wildman–Crippen MR) is 69.2 cm³/mol. The second-order valence-corrected chi connectivity index (χ2v) is 6.61. The van der Waals surface area contributed by atoms with Crippen molar-refractivity contribution >= 4 is 28.9 Å². The van der Waals surface area contributed by atoms with E-state index in [-0.39, 0.29) is 5.41 Å². The van der Waals surface area contributed by atoms with Crippen LogP contribution >= 0.6 is 23.1 Å². The number of nitrogen functional groups attached to an aromatic ring is 1. The first-order chi connectivity index (χ1) is 7.95. The molecule has 0 aliphatic heterocycles. The molecule has 7 heteroatoms. The van der Waals surface area contributed by atoms with Crippen LogP contribution in [0, 0.1) is 0 Å². The van der Waals surface area contributed by atoms with E-state index < -0.39 is 0 Å². The molecule has 2 N–H and O–H groups in total. The lowest BCUT2D eigenvalue weighted by Gasteiger charge is -2.17. The quantitative estimate of drug-likeness (QED) is 0.842. The molecule has 0 bridgehead atoms. The van der Waals surface area contributed by atoms with Gasteiger partial charge in [-0.2, -0.15) is 0 Å². The average molecular weight is 267 g/mol. The van der Waals surface area contributed by atoms with Crippen LogP contribution in [0.1, 0.15) is 26.6 Å². The Bertz CT molecular complexity index is 504. The normalized spacial score (nSPS) is 11.7. The molecule has 5 nitrogen and oxygen atoms in total. The highest BCUT2D eigenvalue weighted by molar-refractivity contribution is 8.00. The molecule has 0 fully saturated rings. The molecule has 2 aromatic rings. The van der Waals surface area contributed by atoms with Crippen LogP contribution in [0.2, 0.25) is 0 Å². The third kappa shape index (κ3) is 3.13. The summed E-state index contributed by atoms with van der Waals surface area (Å²) in [6, 6.07) is 1.75. The van der Waals surface area contributed by atoms with Gasteiger partial charge in [-0.3, -0.25) is 0 Å². The highest BCUT2D eigenvalue weighted by Gasteiger charge is 2.19. The molecule has 2 heterocycles. The van der Waals surface area contributed by atoms with Crippen LogP contribution < -0.4 is 5.73 Å². The molecule has 0 unspecified atom stereocenters. The van der Waals surface area contributed by atoms with Gasteiger partial charge in [0.2, 0.25) is 0 Å². The Labute approximate surface area is 108 Å². The molecule has 2 aromatic heterocycles. The van der Waals surface area contributed by atoms with Crippen molar-refractivity contribution in [1.29, 1.82) is 0 Å². The summed E-state index contributed by atoms with van der Waals surface area (Å²) in [5, 5.41) is 8.55. The highest BCUT2D eigenvalue weighted by atomic mass is 32.2. The summed E-state index contributed by atoms with van der Waals surface area (Å²) in [5.74, 6) is 1.22. The lowest BCUT2D eigenvalue weighted by atomic mass is 9.96. The lowest BCUT2D eigenvalue weighted by Crippen LogP contribution is -2.17. The molecule has 0 aliphatic rings. The van der Waals surface area contributed by atoms with Crippen molar-refractivity contribution in [3.63, 3.8) is 0 Å². The van der Waals surface area contributed by atoms with Crippen LogP contribution in [0.15, 0.2) is 20.9 Å². The third-order valence-electron chi connectivity index (χ3n) is 1.93. The molecule has 0 saturated heterocycles. The van der Waals surface area contributed by atoms with E-state index in [0.29, 0.717) is 5.82 Å². The SMILES string of the molecule is CC(C)(C)c1nc(N)cc(Sc2nncs2)n1. The maximum atomic E-state index is 5.79. The summed E-state index contributed by atoms with van der Waals surface area (Å²) in [4.78, 5) is 8.75. The summed E-state index contributed by atoms with van der Waals surface area (Å²) >= 11 is 2.93. The molecule has 0 radical (unpaired) electrons. The van der Waals surface area contributed by atoms with E-state index in [2.05, 4.69) is 40.9 Å². The number of hydrogen-bond acceptors (Lipinski definition) is 7. The maximum Gasteiger partial charge on any atom is 0.180 e. The fourth-order valence-electron chi connectivity index (χ4n) is 1.13. The minimum Gasteiger partial charge on any atom is -0.384 e. The summed E-state index contributed by atoms with van der Waals surface area (Å²) in [6.45, 7) is 6.17. The Morgan fingerprint density at radius 3 is 2.65 bits per heavy atom. The second-order valence-electron chi connectivity index (χ2n) is 4.51. The summed E-state index contributed by atoms with van der Waals surface area (Å²) in [7, 11) is 0. The Kier molecular flexibility index (Phi) is 3.30. The second kappa shape index (κ2) is 4.58. The number of nitrogens with zero attached hydrogens (tertiary/aromatic N) is 4. The standard InChI is InChI=1S/C10H13N5S2/c1-10(2,3)8-13-6(11)4-7(14-8)17-9-15-12-5-16-9/h4-5H,1-3H3,(H2,11,13,14). The largest absolute Gasteiger partial charge is 0.384 e. The Morgan fingerprint density at radius 2 is 2.06 bits per heavy atom. The summed E-state index contributed by atoms with van der Waals surface area (Å²) < 4.78 is 0.850. The molecule has 0 atom stereocenters. The van der Waals surface area contributed by atoms with Gasteiger partial charge in [-0.25, -0.2) is 9.97 Å². The minimum absolute atomic E-state index is 0.119. The number of hydrogen-bond donors (Lipinski definition) is 1. The first kappa shape index (κ1) is 12.3. The molecular weight excluding hydrogens is 254 g/mol. The number of nitrogens with two attached hydrogens (primary N) is 1. The topological polar surface area (TPSA) is 77.6 Å². The number of anilines is 1. The van der Waals surface area contributed by atoms with Gasteiger partial charge >= 0.3 is 0 Å². The zero-order chi connectivity index (χ0) is 12.5. The van der Waals surface area contributed by atoms with Gasteiger partial charge in [0.25, 0.3) is 0 Å². The van der Waals surface area contributed by atoms with Crippen LogP contribution in [0.5, 0.6) is 0 Å². The fourth-order valence-corrected chi connectivity index (χ4v) is 2.56. The Hall–Kier alpha value is -1.21. The first-order valence-corrected chi connectivity index (χ1v) is 6.74. The van der Waals surface area contributed by atoms with E-state index in [1.165, 1.54) is 23.1 Å². The van der Waals surface area contributed by atoms with Crippen molar-refractivity contribution in [2.24, 2.45) is 0 Å². The molecule has 0 saturated carbocycles. The number of rotatable bonds is 2. The summed E-state index contributed by atoms with van der Waals surface area (Å²) in [6.07, 6.45) is 0. The lowest BCUT2D eigenvalue weighted by molar-refractivity contribution is 0.540. The van der Waals surface area contributed by atoms with E-state index >= 15 is 0 Å². The molecule has 17 heavy (non-hydrogen) atoms. The van der Waals surface area contributed by atoms with E-state index in [9.17, 15) is 0 Å². The van der Waals surface area contributed by atoms with Gasteiger partial charge in [-0.15, -0.1) is 10.2 Å². The van der Waals surface area contributed by atoms with Gasteiger partial charge in [-0.05, 0) is 11.8 Å². The van der Waals surface area contributed by atoms with Crippen molar-refractivity contribution in [2.75, 3.05) is 5.73 Å². The Balaban J connectivity index is 2.32. The van der Waals surface area contributed by atoms with E-state index in [1.807, 2.05) is 0 Å². The van der Waals surface area contributed by atoms with Gasteiger partial charge in [0.1, 0.15) is 22.2 Å². The van der Waals surface area contributed by atoms with E-state index in [1.54, 1.807) is 11.6 Å². The number of aromatic nitrogens is 4. The monoisotopic (exact) mass is 267 g/mol. The van der Waals surface area contributed by atoms with Crippen LogP contribution in [-0.2, 0) is 5.41 Å². The minimum atomic E-state index is -0.119. The van der Waals surface area contributed by atoms with Crippen molar-refractivity contribution in [2.45, 2.75) is 35.6 Å². The van der Waals surface area contributed by atoms with Gasteiger partial charge in [0.15, 0.2) is 4.34 Å². The van der Waals surface area contributed by atoms with Crippen molar-refractivity contribution < 1.29 is 0 Å². The van der Waals surface area contributed by atoms with Crippen molar-refractivity contribution in [3.8, 4) is 0 Å². The van der Waals surface area contributed by atoms with Crippen LogP contribution in [0.3, 0.4) is 0 Å². The van der Waals surface area contributed by atoms with E-state index in [4.69, 9.17) is 5.73 Å². The molecule has 0 spiro atoms. The maximum absolute atomic E-state index is 5.79. The first-order valence-electron chi connectivity index (χ1n) is 5.04. The molecule has 0 aromatic carbocycles. The van der Waals surface area contributed by atoms with Crippen LogP contribution in [0.25, 0.3) is 0 Å². The van der Waals surface area contributed by atoms with Gasteiger partial charge in [0, 0.05) is 11.5 Å². The molecular formula is C10H13N5S2. The molecule has 0 aliphatic carbocycles. The van der Waals surface area contributed by atoms with Crippen LogP contribution in [-0.4, -0.2) is 20.2 Å². The van der Waals surface area contributed by atoms with Gasteiger partial charge in [-0.1, -0.05) is 32.1 Å². The molecule has 90 valence electrons. The van der Waals surface area contributed by atoms with Gasteiger partial charge in [0.05, 0.1) is 0 Å². The summed E-state index contributed by atoms with van der Waals surface area (Å²) in [5.41, 5.74) is 7.36. The van der Waals surface area contributed by atoms with Crippen LogP contribution in [0.4, 0.5) is 5.82 Å². The Morgan fingerprint density at radius 1 is 1.29 bits per heavy atom. The van der Waals surface area contributed by atoms with Crippen molar-refractivity contribution in [1.82, 2.24) is 20.2 Å². The zero-order valence-electron chi connectivity index (χ0n) is 9.84. The highest BCUT2D eigenvalue weighted by Crippen LogP contribution is 2.29. The molecule has 2 rings (SSSR count). The molecule has 0 amide bonds. The fraction of sp³-hybridized carbons (Fsp3) is 0.400. The van der Waals surface area contributed by atoms with Crippen molar-refractivity contribution in [3.05, 3.63) is 17.4 Å². The average Bonchev–Trinajstić information content (AvgIpc) is 2.68. The van der Waals surface area contributed by atoms with E-state index in [0.717, 1.165) is 15.2 Å². The van der Waals surface area contributed by atoms with Gasteiger partial charge < -0.3 is 5.73 Å². The third-order valence-corrected chi connectivity index (χ3v) is 3.62. The smallest absolute Gasteiger partial charge is 0.180 e. The predicted octanol–water partition coefficient (Wildman–Crippen LogP) is 2.36.